The van der Waals surface area contributed by atoms with E-state index < -0.39 is 4.92 Å². The molecule has 92 valence electrons. The number of rotatable bonds is 3. The number of hydrogen-bond donors (Lipinski definition) is 0. The van der Waals surface area contributed by atoms with Crippen molar-refractivity contribution in [1.82, 2.24) is 4.98 Å². The molecule has 0 atom stereocenters. The lowest BCUT2D eigenvalue weighted by Crippen LogP contribution is -1.96. The Balaban J connectivity index is 2.40. The second-order valence-corrected chi connectivity index (χ2v) is 4.78. The first-order chi connectivity index (χ1) is 8.58. The Hall–Kier alpha value is -1.70. The van der Waals surface area contributed by atoms with Gasteiger partial charge in [-0.3, -0.25) is 10.1 Å². The highest BCUT2D eigenvalue weighted by atomic mass is 127. The molecule has 0 radical (unpaired) electrons. The Morgan fingerprint density at radius 2 is 2.17 bits per heavy atom. The molecule has 0 N–H and O–H groups in total. The zero-order valence-electron chi connectivity index (χ0n) is 9.46. The van der Waals surface area contributed by atoms with E-state index in [2.05, 4.69) is 27.6 Å². The predicted octanol–water partition coefficient (Wildman–Crippen LogP) is 3.70. The van der Waals surface area contributed by atoms with Crippen molar-refractivity contribution in [2.45, 2.75) is 6.92 Å². The second-order valence-electron chi connectivity index (χ2n) is 3.62. The fourth-order valence-corrected chi connectivity index (χ4v) is 1.84. The quantitative estimate of drug-likeness (QED) is 0.478. The highest BCUT2D eigenvalue weighted by Crippen LogP contribution is 2.31. The molecule has 5 nitrogen and oxygen atoms in total. The van der Waals surface area contributed by atoms with Gasteiger partial charge in [0.25, 0.3) is 5.88 Å². The molecule has 1 aromatic carbocycles. The molecule has 0 aliphatic rings. The number of ether oxygens (including phenoxy) is 1. The van der Waals surface area contributed by atoms with Crippen LogP contribution in [0.5, 0.6) is 11.6 Å². The summed E-state index contributed by atoms with van der Waals surface area (Å²) in [4.78, 5) is 14.2. The van der Waals surface area contributed by atoms with Crippen molar-refractivity contribution in [3.05, 3.63) is 55.8 Å². The predicted molar refractivity (Wildman–Crippen MR) is 74.9 cm³/mol. The first-order valence-electron chi connectivity index (χ1n) is 5.11. The first-order valence-corrected chi connectivity index (χ1v) is 6.19. The normalized spacial score (nSPS) is 10.1. The SMILES string of the molecule is Cc1ccc(I)c(Oc2ncccc2[N+](=O)[O-])c1. The fourth-order valence-electron chi connectivity index (χ4n) is 1.39. The van der Waals surface area contributed by atoms with Gasteiger partial charge in [-0.25, -0.2) is 4.98 Å². The number of aromatic nitrogens is 1. The topological polar surface area (TPSA) is 65.3 Å². The zero-order valence-corrected chi connectivity index (χ0v) is 11.6. The van der Waals surface area contributed by atoms with Gasteiger partial charge in [0.15, 0.2) is 0 Å². The monoisotopic (exact) mass is 356 g/mol. The van der Waals surface area contributed by atoms with Gasteiger partial charge in [0.2, 0.25) is 0 Å². The van der Waals surface area contributed by atoms with E-state index >= 15 is 0 Å². The maximum atomic E-state index is 10.8. The Morgan fingerprint density at radius 1 is 1.39 bits per heavy atom. The van der Waals surface area contributed by atoms with Crippen LogP contribution in [0.25, 0.3) is 0 Å². The van der Waals surface area contributed by atoms with Gasteiger partial charge in [-0.2, -0.15) is 0 Å². The third-order valence-corrected chi connectivity index (χ3v) is 3.13. The molecule has 0 unspecified atom stereocenters. The number of nitro groups is 1. The minimum absolute atomic E-state index is 0.00557. The smallest absolute Gasteiger partial charge is 0.331 e. The van der Waals surface area contributed by atoms with E-state index in [1.807, 2.05) is 25.1 Å². The average Bonchev–Trinajstić information content (AvgIpc) is 2.34. The molecule has 0 aliphatic heterocycles. The molecule has 0 aliphatic carbocycles. The van der Waals surface area contributed by atoms with Crippen LogP contribution in [-0.4, -0.2) is 9.91 Å². The minimum Gasteiger partial charge on any atom is -0.433 e. The van der Waals surface area contributed by atoms with Gasteiger partial charge in [-0.05, 0) is 53.3 Å². The molecule has 1 aromatic heterocycles. The lowest BCUT2D eigenvalue weighted by Gasteiger charge is -2.07. The second kappa shape index (κ2) is 5.30. The minimum atomic E-state index is -0.509. The Kier molecular flexibility index (Phi) is 3.75. The van der Waals surface area contributed by atoms with Crippen LogP contribution in [0.1, 0.15) is 5.56 Å². The van der Waals surface area contributed by atoms with Crippen LogP contribution in [0.2, 0.25) is 0 Å². The molecule has 0 bridgehead atoms. The van der Waals surface area contributed by atoms with Gasteiger partial charge in [0.1, 0.15) is 5.75 Å². The highest BCUT2D eigenvalue weighted by molar-refractivity contribution is 14.1. The maximum absolute atomic E-state index is 10.8. The summed E-state index contributed by atoms with van der Waals surface area (Å²) in [7, 11) is 0. The number of benzene rings is 1. The van der Waals surface area contributed by atoms with Crippen molar-refractivity contribution in [3.8, 4) is 11.6 Å². The van der Waals surface area contributed by atoms with E-state index in [0.29, 0.717) is 5.75 Å². The summed E-state index contributed by atoms with van der Waals surface area (Å²) in [5, 5.41) is 10.8. The third-order valence-electron chi connectivity index (χ3n) is 2.24. The number of pyridine rings is 1. The summed E-state index contributed by atoms with van der Waals surface area (Å²) in [6, 6.07) is 8.53. The van der Waals surface area contributed by atoms with Crippen molar-refractivity contribution in [1.29, 1.82) is 0 Å². The van der Waals surface area contributed by atoms with Gasteiger partial charge in [0, 0.05) is 12.3 Å². The summed E-state index contributed by atoms with van der Waals surface area (Å²) in [6.45, 7) is 1.93. The highest BCUT2D eigenvalue weighted by Gasteiger charge is 2.17. The van der Waals surface area contributed by atoms with Crippen LogP contribution in [-0.2, 0) is 0 Å². The van der Waals surface area contributed by atoms with Crippen molar-refractivity contribution >= 4 is 28.3 Å². The van der Waals surface area contributed by atoms with Gasteiger partial charge in [-0.15, -0.1) is 0 Å². The molecular weight excluding hydrogens is 347 g/mol. The summed E-state index contributed by atoms with van der Waals surface area (Å²) >= 11 is 2.11. The Labute approximate surface area is 117 Å². The number of aryl methyl sites for hydroxylation is 1. The Bertz CT molecular complexity index is 602. The largest absolute Gasteiger partial charge is 0.433 e. The molecule has 0 amide bonds. The Morgan fingerprint density at radius 3 is 2.89 bits per heavy atom. The van der Waals surface area contributed by atoms with Crippen LogP contribution < -0.4 is 4.74 Å². The molecule has 0 fully saturated rings. The van der Waals surface area contributed by atoms with E-state index in [4.69, 9.17) is 4.74 Å². The molecule has 0 saturated carbocycles. The van der Waals surface area contributed by atoms with Crippen molar-refractivity contribution in [2.75, 3.05) is 0 Å². The van der Waals surface area contributed by atoms with Crippen LogP contribution >= 0.6 is 22.6 Å². The van der Waals surface area contributed by atoms with Crippen LogP contribution in [0.15, 0.2) is 36.5 Å². The molecule has 18 heavy (non-hydrogen) atoms. The molecule has 0 spiro atoms. The lowest BCUT2D eigenvalue weighted by molar-refractivity contribution is -0.386. The van der Waals surface area contributed by atoms with Crippen LogP contribution in [0.4, 0.5) is 5.69 Å². The number of halogens is 1. The fraction of sp³-hybridized carbons (Fsp3) is 0.0833. The van der Waals surface area contributed by atoms with E-state index in [0.717, 1.165) is 9.13 Å². The van der Waals surface area contributed by atoms with Crippen molar-refractivity contribution in [2.24, 2.45) is 0 Å². The van der Waals surface area contributed by atoms with Gasteiger partial charge in [-0.1, -0.05) is 6.07 Å². The average molecular weight is 356 g/mol. The van der Waals surface area contributed by atoms with E-state index in [-0.39, 0.29) is 11.6 Å². The van der Waals surface area contributed by atoms with E-state index in [1.54, 1.807) is 0 Å². The summed E-state index contributed by atoms with van der Waals surface area (Å²) in [6.07, 6.45) is 1.46. The maximum Gasteiger partial charge on any atom is 0.331 e. The number of hydrogen-bond acceptors (Lipinski definition) is 4. The summed E-state index contributed by atoms with van der Waals surface area (Å²) < 4.78 is 6.40. The van der Waals surface area contributed by atoms with Crippen molar-refractivity contribution < 1.29 is 9.66 Å². The van der Waals surface area contributed by atoms with E-state index in [1.165, 1.54) is 18.3 Å². The van der Waals surface area contributed by atoms with Gasteiger partial charge >= 0.3 is 5.69 Å². The zero-order chi connectivity index (χ0) is 13.1. The standard InChI is InChI=1S/C12H9IN2O3/c1-8-4-5-9(13)11(7-8)18-12-10(15(16)17)3-2-6-14-12/h2-7H,1H3. The third kappa shape index (κ3) is 2.76. The van der Waals surface area contributed by atoms with Gasteiger partial charge < -0.3 is 4.74 Å². The van der Waals surface area contributed by atoms with Gasteiger partial charge in [0.05, 0.1) is 8.49 Å². The molecule has 2 rings (SSSR count). The molecule has 6 heteroatoms. The lowest BCUT2D eigenvalue weighted by atomic mass is 10.2. The molecule has 0 saturated heterocycles. The molecule has 1 heterocycles. The summed E-state index contributed by atoms with van der Waals surface area (Å²) in [5.41, 5.74) is 0.874. The molecular formula is C12H9IN2O3. The first kappa shape index (κ1) is 12.7. The summed E-state index contributed by atoms with van der Waals surface area (Å²) in [5.74, 6) is 0.573. The molecule has 2 aromatic rings. The van der Waals surface area contributed by atoms with E-state index in [9.17, 15) is 10.1 Å². The van der Waals surface area contributed by atoms with Crippen molar-refractivity contribution in [3.63, 3.8) is 0 Å². The van der Waals surface area contributed by atoms with Crippen LogP contribution in [0, 0.1) is 20.6 Å². The van der Waals surface area contributed by atoms with Crippen LogP contribution in [0.3, 0.4) is 0 Å². The number of nitrogens with zero attached hydrogens (tertiary/aromatic N) is 2.